The molecule has 0 nitrogen and oxygen atoms in total. The largest absolute Gasteiger partial charge is 0.207 e. The zero-order valence-corrected chi connectivity index (χ0v) is 10.1. The number of hydrogen-bond donors (Lipinski definition) is 0. The van der Waals surface area contributed by atoms with Crippen LogP contribution in [0.4, 0.5) is 8.78 Å². The lowest BCUT2D eigenvalue weighted by atomic mass is 9.94. The van der Waals surface area contributed by atoms with Gasteiger partial charge in [-0.25, -0.2) is 8.78 Å². The summed E-state index contributed by atoms with van der Waals surface area (Å²) < 4.78 is 26.2. The monoisotopic (exact) mass is 226 g/mol. The van der Waals surface area contributed by atoms with E-state index >= 15 is 0 Å². The van der Waals surface area contributed by atoms with Gasteiger partial charge in [0.2, 0.25) is 0 Å². The highest BCUT2D eigenvalue weighted by Gasteiger charge is 2.11. The third kappa shape index (κ3) is 3.92. The Bertz CT molecular complexity index is 321. The first-order valence-electron chi connectivity index (χ1n) is 6.10. The summed E-state index contributed by atoms with van der Waals surface area (Å²) in [6, 6.07) is 3.87. The second-order valence-corrected chi connectivity index (χ2v) is 4.42. The third-order valence-electron chi connectivity index (χ3n) is 2.98. The summed E-state index contributed by atoms with van der Waals surface area (Å²) in [7, 11) is 0. The van der Waals surface area contributed by atoms with Gasteiger partial charge in [0.15, 0.2) is 0 Å². The van der Waals surface area contributed by atoms with Crippen LogP contribution >= 0.6 is 0 Å². The van der Waals surface area contributed by atoms with Crippen LogP contribution in [-0.2, 0) is 0 Å². The van der Waals surface area contributed by atoms with E-state index in [1.165, 1.54) is 25.3 Å². The summed E-state index contributed by atoms with van der Waals surface area (Å²) >= 11 is 0. The molecule has 0 heterocycles. The molecule has 0 aliphatic heterocycles. The number of unbranched alkanes of at least 4 members (excludes halogenated alkanes) is 3. The van der Waals surface area contributed by atoms with E-state index in [0.29, 0.717) is 5.56 Å². The molecule has 1 rings (SSSR count). The minimum absolute atomic E-state index is 0.178. The molecule has 16 heavy (non-hydrogen) atoms. The van der Waals surface area contributed by atoms with Crippen LogP contribution in [0.1, 0.15) is 57.4 Å². The summed E-state index contributed by atoms with van der Waals surface area (Å²) in [6.07, 6.45) is 5.73. The smallest absolute Gasteiger partial charge is 0.129 e. The van der Waals surface area contributed by atoms with Gasteiger partial charge in [-0.3, -0.25) is 0 Å². The van der Waals surface area contributed by atoms with Crippen molar-refractivity contribution in [2.24, 2.45) is 0 Å². The van der Waals surface area contributed by atoms with Crippen molar-refractivity contribution >= 4 is 0 Å². The first-order valence-corrected chi connectivity index (χ1v) is 6.10. The molecule has 0 saturated carbocycles. The van der Waals surface area contributed by atoms with E-state index in [0.717, 1.165) is 18.9 Å². The molecule has 0 spiro atoms. The van der Waals surface area contributed by atoms with E-state index in [9.17, 15) is 8.78 Å². The van der Waals surface area contributed by atoms with Gasteiger partial charge in [-0.1, -0.05) is 45.6 Å². The highest BCUT2D eigenvalue weighted by atomic mass is 19.1. The molecule has 1 aromatic rings. The lowest BCUT2D eigenvalue weighted by molar-refractivity contribution is 0.532. The Morgan fingerprint density at radius 1 is 1.12 bits per heavy atom. The summed E-state index contributed by atoms with van der Waals surface area (Å²) in [5, 5.41) is 0. The molecule has 0 aliphatic rings. The quantitative estimate of drug-likeness (QED) is 0.596. The Hall–Kier alpha value is -0.920. The van der Waals surface area contributed by atoms with Gasteiger partial charge in [-0.05, 0) is 24.0 Å². The summed E-state index contributed by atoms with van der Waals surface area (Å²) in [5.41, 5.74) is 0.637. The molecule has 0 saturated heterocycles. The number of benzene rings is 1. The number of rotatable bonds is 6. The summed E-state index contributed by atoms with van der Waals surface area (Å²) in [4.78, 5) is 0. The SMILES string of the molecule is CCCCCCC(C)c1ccc(F)cc1F. The van der Waals surface area contributed by atoms with E-state index in [1.807, 2.05) is 6.92 Å². The second kappa shape index (κ2) is 6.62. The van der Waals surface area contributed by atoms with Crippen LogP contribution in [0, 0.1) is 11.6 Å². The first kappa shape index (κ1) is 13.1. The Morgan fingerprint density at radius 2 is 1.88 bits per heavy atom. The van der Waals surface area contributed by atoms with Gasteiger partial charge in [-0.2, -0.15) is 0 Å². The van der Waals surface area contributed by atoms with Crippen molar-refractivity contribution in [2.75, 3.05) is 0 Å². The van der Waals surface area contributed by atoms with Gasteiger partial charge in [0.1, 0.15) is 11.6 Å². The van der Waals surface area contributed by atoms with Crippen molar-refractivity contribution in [3.05, 3.63) is 35.4 Å². The van der Waals surface area contributed by atoms with Crippen LogP contribution in [0.15, 0.2) is 18.2 Å². The molecular formula is C14H20F2. The molecule has 1 aromatic carbocycles. The predicted molar refractivity (Wildman–Crippen MR) is 63.5 cm³/mol. The van der Waals surface area contributed by atoms with Gasteiger partial charge in [-0.15, -0.1) is 0 Å². The van der Waals surface area contributed by atoms with E-state index < -0.39 is 11.6 Å². The fraction of sp³-hybridized carbons (Fsp3) is 0.571. The van der Waals surface area contributed by atoms with E-state index in [4.69, 9.17) is 0 Å². The molecule has 0 aliphatic carbocycles. The fourth-order valence-corrected chi connectivity index (χ4v) is 1.93. The highest BCUT2D eigenvalue weighted by Crippen LogP contribution is 2.24. The van der Waals surface area contributed by atoms with Gasteiger partial charge in [0.05, 0.1) is 0 Å². The van der Waals surface area contributed by atoms with Crippen LogP contribution < -0.4 is 0 Å². The number of hydrogen-bond acceptors (Lipinski definition) is 0. The van der Waals surface area contributed by atoms with E-state index in [-0.39, 0.29) is 5.92 Å². The standard InChI is InChI=1S/C14H20F2/c1-3-4-5-6-7-11(2)13-9-8-12(15)10-14(13)16/h8-11H,3-7H2,1-2H3. The van der Waals surface area contributed by atoms with Crippen LogP contribution in [0.5, 0.6) is 0 Å². The molecule has 0 aromatic heterocycles. The Kier molecular flexibility index (Phi) is 5.44. The number of halogens is 2. The zero-order chi connectivity index (χ0) is 12.0. The van der Waals surface area contributed by atoms with Crippen molar-refractivity contribution in [1.82, 2.24) is 0 Å². The fourth-order valence-electron chi connectivity index (χ4n) is 1.93. The topological polar surface area (TPSA) is 0 Å². The maximum absolute atomic E-state index is 13.4. The van der Waals surface area contributed by atoms with Gasteiger partial charge in [0, 0.05) is 6.07 Å². The van der Waals surface area contributed by atoms with Crippen molar-refractivity contribution in [2.45, 2.75) is 51.9 Å². The highest BCUT2D eigenvalue weighted by molar-refractivity contribution is 5.21. The van der Waals surface area contributed by atoms with Crippen LogP contribution in [0.2, 0.25) is 0 Å². The molecule has 0 N–H and O–H groups in total. The zero-order valence-electron chi connectivity index (χ0n) is 10.1. The average molecular weight is 226 g/mol. The molecule has 0 fully saturated rings. The van der Waals surface area contributed by atoms with Gasteiger partial charge in [0.25, 0.3) is 0 Å². The molecular weight excluding hydrogens is 206 g/mol. The molecule has 90 valence electrons. The second-order valence-electron chi connectivity index (χ2n) is 4.42. The predicted octanol–water partition coefficient (Wildman–Crippen LogP) is 5.04. The Morgan fingerprint density at radius 3 is 2.50 bits per heavy atom. The maximum Gasteiger partial charge on any atom is 0.129 e. The molecule has 1 unspecified atom stereocenters. The minimum atomic E-state index is -0.501. The van der Waals surface area contributed by atoms with Crippen LogP contribution in [0.25, 0.3) is 0 Å². The molecule has 2 heteroatoms. The average Bonchev–Trinajstić information content (AvgIpc) is 2.24. The van der Waals surface area contributed by atoms with Gasteiger partial charge >= 0.3 is 0 Å². The summed E-state index contributed by atoms with van der Waals surface area (Å²) in [6.45, 7) is 4.17. The van der Waals surface area contributed by atoms with Crippen molar-refractivity contribution < 1.29 is 8.78 Å². The van der Waals surface area contributed by atoms with Crippen LogP contribution in [-0.4, -0.2) is 0 Å². The van der Waals surface area contributed by atoms with E-state index in [1.54, 1.807) is 6.07 Å². The first-order chi connectivity index (χ1) is 7.65. The van der Waals surface area contributed by atoms with Crippen LogP contribution in [0.3, 0.4) is 0 Å². The van der Waals surface area contributed by atoms with Crippen molar-refractivity contribution in [3.63, 3.8) is 0 Å². The lowest BCUT2D eigenvalue weighted by Gasteiger charge is -2.12. The van der Waals surface area contributed by atoms with E-state index in [2.05, 4.69) is 6.92 Å². The maximum atomic E-state index is 13.4. The Balaban J connectivity index is 2.49. The minimum Gasteiger partial charge on any atom is -0.207 e. The van der Waals surface area contributed by atoms with Crippen molar-refractivity contribution in [3.8, 4) is 0 Å². The molecule has 0 bridgehead atoms. The summed E-state index contributed by atoms with van der Waals surface area (Å²) in [5.74, 6) is -0.736. The molecule has 0 amide bonds. The lowest BCUT2D eigenvalue weighted by Crippen LogP contribution is -1.98. The third-order valence-corrected chi connectivity index (χ3v) is 2.98. The normalized spacial score (nSPS) is 12.8. The van der Waals surface area contributed by atoms with Gasteiger partial charge < -0.3 is 0 Å². The molecule has 0 radical (unpaired) electrons. The Labute approximate surface area is 96.7 Å². The molecule has 1 atom stereocenters. The van der Waals surface area contributed by atoms with Crippen molar-refractivity contribution in [1.29, 1.82) is 0 Å².